The van der Waals surface area contributed by atoms with Gasteiger partial charge in [-0.1, -0.05) is 18.5 Å². The van der Waals surface area contributed by atoms with Gasteiger partial charge in [0.2, 0.25) is 5.88 Å². The normalized spacial score (nSPS) is 11.5. The van der Waals surface area contributed by atoms with Crippen LogP contribution in [0.25, 0.3) is 5.69 Å². The molecule has 0 radical (unpaired) electrons. The molecule has 1 atom stereocenters. The number of hydrogen-bond donors (Lipinski definition) is 1. The van der Waals surface area contributed by atoms with E-state index < -0.39 is 23.4 Å². The predicted molar refractivity (Wildman–Crippen MR) is 118 cm³/mol. The van der Waals surface area contributed by atoms with Gasteiger partial charge in [0.25, 0.3) is 11.5 Å². The van der Waals surface area contributed by atoms with Crippen molar-refractivity contribution in [1.82, 2.24) is 9.78 Å². The van der Waals surface area contributed by atoms with Gasteiger partial charge in [-0.05, 0) is 30.7 Å². The molecule has 0 saturated heterocycles. The summed E-state index contributed by atoms with van der Waals surface area (Å²) in [6.07, 6.45) is -0.635. The first-order valence-corrected chi connectivity index (χ1v) is 9.99. The minimum Gasteiger partial charge on any atom is -0.497 e. The standard InChI is InChI=1S/C22H21ClFN3O5/c1-4-17(22(29)25-21-16(23)11-15(30-2)12-18(21)31-3)32-19-9-10-20(28)27(26-19)14-7-5-13(24)6-8-14/h5-12,17H,4H2,1-3H3,(H,25,29)/t17-/m0/s1. The second-order valence-electron chi connectivity index (χ2n) is 6.59. The van der Waals surface area contributed by atoms with Crippen LogP contribution < -0.4 is 25.1 Å². The molecule has 1 N–H and O–H groups in total. The molecule has 1 heterocycles. The summed E-state index contributed by atoms with van der Waals surface area (Å²) in [5, 5.41) is 7.07. The molecular weight excluding hydrogens is 441 g/mol. The van der Waals surface area contributed by atoms with E-state index in [0.29, 0.717) is 23.6 Å². The van der Waals surface area contributed by atoms with Crippen molar-refractivity contribution in [2.24, 2.45) is 0 Å². The summed E-state index contributed by atoms with van der Waals surface area (Å²) in [5.41, 5.74) is 0.191. The smallest absolute Gasteiger partial charge is 0.271 e. The van der Waals surface area contributed by atoms with Gasteiger partial charge in [-0.3, -0.25) is 9.59 Å². The van der Waals surface area contributed by atoms with E-state index in [1.807, 2.05) is 0 Å². The number of carbonyl (C=O) groups excluding carboxylic acids is 1. The van der Waals surface area contributed by atoms with Crippen LogP contribution in [0.5, 0.6) is 17.4 Å². The van der Waals surface area contributed by atoms with Crippen molar-refractivity contribution in [2.45, 2.75) is 19.4 Å². The van der Waals surface area contributed by atoms with Gasteiger partial charge >= 0.3 is 0 Å². The van der Waals surface area contributed by atoms with Gasteiger partial charge in [0, 0.05) is 24.3 Å². The van der Waals surface area contributed by atoms with E-state index in [1.54, 1.807) is 19.1 Å². The molecule has 32 heavy (non-hydrogen) atoms. The lowest BCUT2D eigenvalue weighted by Crippen LogP contribution is -2.33. The number of amides is 1. The van der Waals surface area contributed by atoms with Crippen LogP contribution in [0.15, 0.2) is 53.3 Å². The molecule has 2 aromatic carbocycles. The minimum atomic E-state index is -0.940. The molecular formula is C22H21ClFN3O5. The van der Waals surface area contributed by atoms with Gasteiger partial charge in [-0.2, -0.15) is 4.68 Å². The Bertz CT molecular complexity index is 1170. The molecule has 0 saturated carbocycles. The van der Waals surface area contributed by atoms with Gasteiger partial charge in [-0.25, -0.2) is 4.39 Å². The third-order valence-electron chi connectivity index (χ3n) is 4.50. The van der Waals surface area contributed by atoms with Gasteiger partial charge in [0.1, 0.15) is 23.0 Å². The number of nitrogens with zero attached hydrogens (tertiary/aromatic N) is 2. The van der Waals surface area contributed by atoms with Gasteiger partial charge in [-0.15, -0.1) is 5.10 Å². The molecule has 0 spiro atoms. The van der Waals surface area contributed by atoms with E-state index in [4.69, 9.17) is 25.8 Å². The topological polar surface area (TPSA) is 91.7 Å². The van der Waals surface area contributed by atoms with Crippen LogP contribution in [0, 0.1) is 5.82 Å². The number of carbonyl (C=O) groups is 1. The minimum absolute atomic E-state index is 0.0451. The van der Waals surface area contributed by atoms with Crippen molar-refractivity contribution >= 4 is 23.2 Å². The van der Waals surface area contributed by atoms with E-state index in [-0.39, 0.29) is 16.6 Å². The zero-order valence-electron chi connectivity index (χ0n) is 17.6. The number of rotatable bonds is 8. The van der Waals surface area contributed by atoms with Gasteiger partial charge < -0.3 is 19.5 Å². The molecule has 168 valence electrons. The highest BCUT2D eigenvalue weighted by atomic mass is 35.5. The van der Waals surface area contributed by atoms with Crippen molar-refractivity contribution in [2.75, 3.05) is 19.5 Å². The second-order valence-corrected chi connectivity index (χ2v) is 7.00. The molecule has 0 unspecified atom stereocenters. The first-order chi connectivity index (χ1) is 15.4. The Morgan fingerprint density at radius 1 is 1.16 bits per heavy atom. The third kappa shape index (κ3) is 5.17. The molecule has 1 amide bonds. The number of hydrogen-bond acceptors (Lipinski definition) is 6. The number of halogens is 2. The van der Waals surface area contributed by atoms with Crippen molar-refractivity contribution in [3.05, 3.63) is 69.7 Å². The molecule has 0 aliphatic heterocycles. The van der Waals surface area contributed by atoms with E-state index in [0.717, 1.165) is 4.68 Å². The number of aromatic nitrogens is 2. The van der Waals surface area contributed by atoms with Crippen LogP contribution >= 0.6 is 11.6 Å². The highest BCUT2D eigenvalue weighted by Crippen LogP contribution is 2.37. The van der Waals surface area contributed by atoms with Crippen molar-refractivity contribution < 1.29 is 23.4 Å². The number of methoxy groups -OCH3 is 2. The van der Waals surface area contributed by atoms with E-state index >= 15 is 0 Å². The number of ether oxygens (including phenoxy) is 3. The van der Waals surface area contributed by atoms with Crippen LogP contribution in [0.3, 0.4) is 0 Å². The number of nitrogens with one attached hydrogen (secondary N) is 1. The molecule has 1 aromatic heterocycles. The fourth-order valence-electron chi connectivity index (χ4n) is 2.85. The average molecular weight is 462 g/mol. The van der Waals surface area contributed by atoms with Crippen molar-refractivity contribution in [3.63, 3.8) is 0 Å². The Hall–Kier alpha value is -3.59. The quantitative estimate of drug-likeness (QED) is 0.548. The zero-order valence-corrected chi connectivity index (χ0v) is 18.4. The lowest BCUT2D eigenvalue weighted by molar-refractivity contribution is -0.123. The Kier molecular flexibility index (Phi) is 7.32. The molecule has 10 heteroatoms. The molecule has 8 nitrogen and oxygen atoms in total. The number of anilines is 1. The Labute approximate surface area is 188 Å². The van der Waals surface area contributed by atoms with Crippen LogP contribution in [0.1, 0.15) is 13.3 Å². The fourth-order valence-corrected chi connectivity index (χ4v) is 3.10. The summed E-state index contributed by atoms with van der Waals surface area (Å²) in [6, 6.07) is 11.0. The summed E-state index contributed by atoms with van der Waals surface area (Å²) < 4.78 is 30.4. The van der Waals surface area contributed by atoms with E-state index in [1.165, 1.54) is 50.6 Å². The Morgan fingerprint density at radius 2 is 1.88 bits per heavy atom. The summed E-state index contributed by atoms with van der Waals surface area (Å²) in [6.45, 7) is 1.76. The average Bonchev–Trinajstić information content (AvgIpc) is 2.80. The lowest BCUT2D eigenvalue weighted by atomic mass is 10.2. The number of benzene rings is 2. The molecule has 0 aliphatic rings. The lowest BCUT2D eigenvalue weighted by Gasteiger charge is -2.19. The maximum Gasteiger partial charge on any atom is 0.271 e. The Balaban J connectivity index is 1.83. The highest BCUT2D eigenvalue weighted by molar-refractivity contribution is 6.34. The summed E-state index contributed by atoms with van der Waals surface area (Å²) in [5.74, 6) is -0.0895. The van der Waals surface area contributed by atoms with Gasteiger partial charge in [0.05, 0.1) is 24.9 Å². The monoisotopic (exact) mass is 461 g/mol. The molecule has 0 aliphatic carbocycles. The molecule has 3 rings (SSSR count). The Morgan fingerprint density at radius 3 is 2.50 bits per heavy atom. The summed E-state index contributed by atoms with van der Waals surface area (Å²) in [7, 11) is 2.93. The molecule has 0 bridgehead atoms. The zero-order chi connectivity index (χ0) is 23.3. The maximum atomic E-state index is 13.2. The first-order valence-electron chi connectivity index (χ1n) is 9.61. The van der Waals surface area contributed by atoms with Gasteiger partial charge in [0.15, 0.2) is 6.10 Å². The van der Waals surface area contributed by atoms with Crippen molar-refractivity contribution in [1.29, 1.82) is 0 Å². The van der Waals surface area contributed by atoms with Crippen LogP contribution in [0.2, 0.25) is 5.02 Å². The second kappa shape index (κ2) is 10.1. The van der Waals surface area contributed by atoms with Crippen LogP contribution in [-0.4, -0.2) is 36.0 Å². The third-order valence-corrected chi connectivity index (χ3v) is 4.80. The van der Waals surface area contributed by atoms with Crippen LogP contribution in [-0.2, 0) is 4.79 Å². The molecule has 3 aromatic rings. The van der Waals surface area contributed by atoms with E-state index in [9.17, 15) is 14.0 Å². The predicted octanol–water partition coefficient (Wildman–Crippen LogP) is 3.84. The molecule has 0 fully saturated rings. The first kappa shape index (κ1) is 23.1. The van der Waals surface area contributed by atoms with E-state index in [2.05, 4.69) is 10.4 Å². The summed E-state index contributed by atoms with van der Waals surface area (Å²) >= 11 is 6.27. The van der Waals surface area contributed by atoms with Crippen molar-refractivity contribution in [3.8, 4) is 23.1 Å². The fraction of sp³-hybridized carbons (Fsp3) is 0.227. The highest BCUT2D eigenvalue weighted by Gasteiger charge is 2.23. The van der Waals surface area contributed by atoms with Crippen LogP contribution in [0.4, 0.5) is 10.1 Å². The SMILES string of the molecule is CC[C@H](Oc1ccc(=O)n(-c2ccc(F)cc2)n1)C(=O)Nc1c(Cl)cc(OC)cc1OC. The maximum absolute atomic E-state index is 13.2. The largest absolute Gasteiger partial charge is 0.497 e. The summed E-state index contributed by atoms with van der Waals surface area (Å²) in [4.78, 5) is 25.0.